The fourth-order valence-corrected chi connectivity index (χ4v) is 3.19. The van der Waals surface area contributed by atoms with Gasteiger partial charge < -0.3 is 15.3 Å². The summed E-state index contributed by atoms with van der Waals surface area (Å²) in [4.78, 5) is -0.0268. The quantitative estimate of drug-likeness (QED) is 0.245. The number of hydrogen-bond donors (Lipinski definition) is 3. The van der Waals surface area contributed by atoms with Crippen LogP contribution in [0, 0.1) is 0 Å². The Labute approximate surface area is 132 Å². The van der Waals surface area contributed by atoms with Gasteiger partial charge in [0.2, 0.25) is 0 Å². The Morgan fingerprint density at radius 2 is 1.15 bits per heavy atom. The molecule has 0 aromatic rings. The normalized spacial score (nSPS) is 13.7. The van der Waals surface area contributed by atoms with Crippen molar-refractivity contribution in [1.82, 2.24) is 0 Å². The monoisotopic (exact) mass is 352 g/mol. The van der Waals surface area contributed by atoms with E-state index in [0.29, 0.717) is 0 Å². The molecule has 0 aliphatic rings. The van der Waals surface area contributed by atoms with Crippen LogP contribution in [0.5, 0.6) is 0 Å². The molecule has 122 valence electrons. The van der Waals surface area contributed by atoms with E-state index in [1.165, 1.54) is 64.2 Å². The Balaban J connectivity index is 3.17. The van der Waals surface area contributed by atoms with Crippen LogP contribution in [-0.4, -0.2) is 26.1 Å². The average molecular weight is 353 g/mol. The number of rotatable bonds is 14. The van der Waals surface area contributed by atoms with Gasteiger partial charge in [-0.3, -0.25) is 0 Å². The van der Waals surface area contributed by atoms with Crippen molar-refractivity contribution >= 4 is 15.9 Å². The number of unbranched alkanes of at least 4 members (excludes halogenated alkanes) is 10. The Morgan fingerprint density at radius 3 is 1.55 bits per heavy atom. The molecule has 0 radical (unpaired) electrons. The summed E-state index contributed by atoms with van der Waals surface area (Å²) in [6.45, 7) is 2.25. The van der Waals surface area contributed by atoms with Crippen molar-refractivity contribution < 1.29 is 15.3 Å². The third-order valence-electron chi connectivity index (χ3n) is 3.62. The van der Waals surface area contributed by atoms with Crippen LogP contribution in [-0.2, 0) is 0 Å². The van der Waals surface area contributed by atoms with Crippen molar-refractivity contribution in [1.29, 1.82) is 0 Å². The van der Waals surface area contributed by atoms with Crippen molar-refractivity contribution in [3.8, 4) is 0 Å². The summed E-state index contributed by atoms with van der Waals surface area (Å²) < 4.78 is 0. The van der Waals surface area contributed by atoms with Gasteiger partial charge in [0.1, 0.15) is 0 Å². The highest BCUT2D eigenvalue weighted by atomic mass is 79.9. The molecule has 3 N–H and O–H groups in total. The fraction of sp³-hybridized carbons (Fsp3) is 1.00. The molecular formula is C16H33BrO3. The molecule has 0 spiro atoms. The summed E-state index contributed by atoms with van der Waals surface area (Å²) in [5.74, 6) is -2.54. The molecule has 1 unspecified atom stereocenters. The zero-order valence-corrected chi connectivity index (χ0v) is 14.6. The van der Waals surface area contributed by atoms with Gasteiger partial charge >= 0.3 is 0 Å². The van der Waals surface area contributed by atoms with E-state index in [1.807, 2.05) is 0 Å². The highest BCUT2D eigenvalue weighted by Crippen LogP contribution is 2.20. The van der Waals surface area contributed by atoms with Crippen LogP contribution in [0.4, 0.5) is 0 Å². The van der Waals surface area contributed by atoms with E-state index in [1.54, 1.807) is 0 Å². The second-order valence-electron chi connectivity index (χ2n) is 5.90. The Bertz CT molecular complexity index is 204. The van der Waals surface area contributed by atoms with Gasteiger partial charge in [-0.2, -0.15) is 0 Å². The van der Waals surface area contributed by atoms with E-state index in [2.05, 4.69) is 22.9 Å². The van der Waals surface area contributed by atoms with Gasteiger partial charge in [0.15, 0.2) is 0 Å². The third-order valence-corrected chi connectivity index (χ3v) is 4.40. The number of halogens is 1. The molecular weight excluding hydrogens is 320 g/mol. The predicted molar refractivity (Wildman–Crippen MR) is 87.8 cm³/mol. The first-order valence-electron chi connectivity index (χ1n) is 8.27. The second kappa shape index (κ2) is 13.1. The van der Waals surface area contributed by atoms with E-state index >= 15 is 0 Å². The van der Waals surface area contributed by atoms with E-state index in [9.17, 15) is 0 Å². The van der Waals surface area contributed by atoms with Gasteiger partial charge in [0.05, 0.1) is 0 Å². The van der Waals surface area contributed by atoms with Gasteiger partial charge in [-0.1, -0.05) is 93.5 Å². The van der Waals surface area contributed by atoms with Crippen molar-refractivity contribution in [3.63, 3.8) is 0 Å². The molecule has 3 nitrogen and oxygen atoms in total. The van der Waals surface area contributed by atoms with Gasteiger partial charge in [-0.15, -0.1) is 0 Å². The Kier molecular flexibility index (Phi) is 13.3. The zero-order chi connectivity index (χ0) is 15.3. The van der Waals surface area contributed by atoms with Gasteiger partial charge in [-0.25, -0.2) is 0 Å². The first-order chi connectivity index (χ1) is 9.45. The highest BCUT2D eigenvalue weighted by Gasteiger charge is 2.22. The van der Waals surface area contributed by atoms with Gasteiger partial charge in [0.25, 0.3) is 5.97 Å². The van der Waals surface area contributed by atoms with E-state index in [4.69, 9.17) is 15.3 Å². The van der Waals surface area contributed by atoms with Crippen molar-refractivity contribution in [2.75, 3.05) is 0 Å². The van der Waals surface area contributed by atoms with Crippen LogP contribution in [0.15, 0.2) is 0 Å². The summed E-state index contributed by atoms with van der Waals surface area (Å²) in [6.07, 6.45) is 15.3. The lowest BCUT2D eigenvalue weighted by atomic mass is 10.0. The van der Waals surface area contributed by atoms with Crippen LogP contribution in [0.25, 0.3) is 0 Å². The lowest BCUT2D eigenvalue weighted by Gasteiger charge is -2.17. The molecule has 0 aromatic heterocycles. The molecule has 0 aliphatic heterocycles. The van der Waals surface area contributed by atoms with Gasteiger partial charge in [-0.05, 0) is 6.42 Å². The zero-order valence-electron chi connectivity index (χ0n) is 13.0. The predicted octanol–water partition coefficient (Wildman–Crippen LogP) is 4.47. The second-order valence-corrected chi connectivity index (χ2v) is 7.19. The molecule has 0 saturated carbocycles. The molecule has 0 aliphatic carbocycles. The van der Waals surface area contributed by atoms with Crippen LogP contribution in [0.3, 0.4) is 0 Å². The molecule has 0 aromatic carbocycles. The maximum Gasteiger partial charge on any atom is 0.276 e. The van der Waals surface area contributed by atoms with Crippen molar-refractivity contribution in [3.05, 3.63) is 0 Å². The maximum atomic E-state index is 8.85. The molecule has 0 fully saturated rings. The fourth-order valence-electron chi connectivity index (χ4n) is 2.43. The van der Waals surface area contributed by atoms with E-state index in [0.717, 1.165) is 12.8 Å². The van der Waals surface area contributed by atoms with Crippen molar-refractivity contribution in [2.24, 2.45) is 0 Å². The summed E-state index contributed by atoms with van der Waals surface area (Å²) in [5, 5.41) is 26.5. The summed E-state index contributed by atoms with van der Waals surface area (Å²) in [6, 6.07) is 0. The number of hydrogen-bond acceptors (Lipinski definition) is 3. The summed E-state index contributed by atoms with van der Waals surface area (Å²) in [5.41, 5.74) is 0. The topological polar surface area (TPSA) is 60.7 Å². The smallest absolute Gasteiger partial charge is 0.276 e. The first kappa shape index (κ1) is 20.4. The molecule has 1 atom stereocenters. The minimum atomic E-state index is -2.54. The molecule has 20 heavy (non-hydrogen) atoms. The third kappa shape index (κ3) is 16.4. The molecule has 0 rings (SSSR count). The number of aliphatic hydroxyl groups is 3. The Morgan fingerprint density at radius 1 is 0.750 bits per heavy atom. The molecule has 0 bridgehead atoms. The molecule has 0 amide bonds. The van der Waals surface area contributed by atoms with Crippen LogP contribution >= 0.6 is 15.9 Å². The molecule has 4 heteroatoms. The molecule has 0 heterocycles. The van der Waals surface area contributed by atoms with E-state index < -0.39 is 5.97 Å². The lowest BCUT2D eigenvalue weighted by Crippen LogP contribution is -2.30. The molecule has 0 saturated heterocycles. The summed E-state index contributed by atoms with van der Waals surface area (Å²) >= 11 is 3.36. The highest BCUT2D eigenvalue weighted by molar-refractivity contribution is 9.09. The minimum Gasteiger partial charge on any atom is -0.344 e. The first-order valence-corrected chi connectivity index (χ1v) is 9.18. The standard InChI is InChI=1S/C16H33BrO3/c1-2-3-4-5-6-7-8-9-10-11-12-13-15(17)14-16(18,19)20/h15,18-20H,2-14H2,1H3. The average Bonchev–Trinajstić information content (AvgIpc) is 2.34. The Hall–Kier alpha value is 0.360. The minimum absolute atomic E-state index is 0.0268. The SMILES string of the molecule is CCCCCCCCCCCCCC(Br)CC(O)(O)O. The van der Waals surface area contributed by atoms with Crippen LogP contribution in [0.1, 0.15) is 90.4 Å². The van der Waals surface area contributed by atoms with Crippen LogP contribution in [0.2, 0.25) is 0 Å². The van der Waals surface area contributed by atoms with E-state index in [-0.39, 0.29) is 11.2 Å². The van der Waals surface area contributed by atoms with Gasteiger partial charge in [0, 0.05) is 11.2 Å². The summed E-state index contributed by atoms with van der Waals surface area (Å²) in [7, 11) is 0. The lowest BCUT2D eigenvalue weighted by molar-refractivity contribution is -0.314. The van der Waals surface area contributed by atoms with Crippen LogP contribution < -0.4 is 0 Å². The van der Waals surface area contributed by atoms with Crippen molar-refractivity contribution in [2.45, 2.75) is 101 Å². The maximum absolute atomic E-state index is 8.85. The largest absolute Gasteiger partial charge is 0.344 e. The number of alkyl halides is 1.